The largest absolute Gasteiger partial charge is 0.354 e. The first-order valence-corrected chi connectivity index (χ1v) is 7.06. The van der Waals surface area contributed by atoms with Crippen molar-refractivity contribution in [1.29, 1.82) is 0 Å². The zero-order valence-corrected chi connectivity index (χ0v) is 11.9. The van der Waals surface area contributed by atoms with Crippen LogP contribution in [-0.4, -0.2) is 25.0 Å². The number of rotatable bonds is 4. The molecular weight excluding hydrogens is 327 g/mol. The van der Waals surface area contributed by atoms with Gasteiger partial charge in [-0.25, -0.2) is 0 Å². The molecule has 17 heavy (non-hydrogen) atoms. The number of halogens is 1. The number of benzene rings is 1. The van der Waals surface area contributed by atoms with Crippen molar-refractivity contribution in [2.24, 2.45) is 0 Å². The van der Waals surface area contributed by atoms with Crippen molar-refractivity contribution in [1.82, 2.24) is 10.6 Å². The summed E-state index contributed by atoms with van der Waals surface area (Å²) in [4.78, 5) is 11.7. The van der Waals surface area contributed by atoms with Crippen LogP contribution < -0.4 is 10.6 Å². The molecule has 2 rings (SSSR count). The normalized spacial score (nSPS) is 19.2. The van der Waals surface area contributed by atoms with Crippen LogP contribution in [-0.2, 0) is 11.2 Å². The minimum Gasteiger partial charge on any atom is -0.354 e. The molecule has 1 saturated heterocycles. The lowest BCUT2D eigenvalue weighted by Gasteiger charge is -2.11. The van der Waals surface area contributed by atoms with Crippen LogP contribution in [0.15, 0.2) is 24.3 Å². The van der Waals surface area contributed by atoms with Crippen LogP contribution in [0.2, 0.25) is 0 Å². The monoisotopic (exact) mass is 344 g/mol. The summed E-state index contributed by atoms with van der Waals surface area (Å²) in [7, 11) is 0. The third-order valence-electron chi connectivity index (χ3n) is 2.99. The smallest absolute Gasteiger partial charge is 0.224 e. The number of carbonyl (C=O) groups is 1. The highest BCUT2D eigenvalue weighted by Crippen LogP contribution is 2.07. The van der Waals surface area contributed by atoms with Crippen molar-refractivity contribution in [2.75, 3.05) is 13.1 Å². The fraction of sp³-hybridized carbons (Fsp3) is 0.462. The van der Waals surface area contributed by atoms with E-state index in [-0.39, 0.29) is 5.91 Å². The third kappa shape index (κ3) is 4.27. The molecule has 1 atom stereocenters. The molecule has 92 valence electrons. The second-order valence-corrected chi connectivity index (χ2v) is 5.65. The van der Waals surface area contributed by atoms with Gasteiger partial charge in [0.15, 0.2) is 0 Å². The van der Waals surface area contributed by atoms with Crippen molar-refractivity contribution in [3.05, 3.63) is 33.4 Å². The molecule has 1 aliphatic rings. The molecule has 0 unspecified atom stereocenters. The summed E-state index contributed by atoms with van der Waals surface area (Å²) in [5.74, 6) is 0.111. The molecule has 0 saturated carbocycles. The topological polar surface area (TPSA) is 41.1 Å². The first-order chi connectivity index (χ1) is 8.24. The molecule has 1 heterocycles. The van der Waals surface area contributed by atoms with Crippen molar-refractivity contribution in [3.63, 3.8) is 0 Å². The molecule has 1 amide bonds. The van der Waals surface area contributed by atoms with Gasteiger partial charge in [-0.05, 0) is 59.7 Å². The van der Waals surface area contributed by atoms with E-state index in [4.69, 9.17) is 0 Å². The number of carbonyl (C=O) groups excluding carboxylic acids is 1. The highest BCUT2D eigenvalue weighted by atomic mass is 127. The van der Waals surface area contributed by atoms with Gasteiger partial charge in [0.05, 0.1) is 6.42 Å². The van der Waals surface area contributed by atoms with E-state index in [1.807, 2.05) is 24.3 Å². The summed E-state index contributed by atoms with van der Waals surface area (Å²) in [6.45, 7) is 1.83. The van der Waals surface area contributed by atoms with Crippen LogP contribution in [0.25, 0.3) is 0 Å². The van der Waals surface area contributed by atoms with Crippen LogP contribution in [0.1, 0.15) is 18.4 Å². The average Bonchev–Trinajstić information content (AvgIpc) is 2.83. The number of nitrogens with one attached hydrogen (secondary N) is 2. The Labute approximate surface area is 116 Å². The van der Waals surface area contributed by atoms with E-state index >= 15 is 0 Å². The van der Waals surface area contributed by atoms with E-state index in [0.717, 1.165) is 18.7 Å². The lowest BCUT2D eigenvalue weighted by atomic mass is 10.1. The molecule has 4 heteroatoms. The fourth-order valence-electron chi connectivity index (χ4n) is 2.02. The van der Waals surface area contributed by atoms with Gasteiger partial charge in [-0.15, -0.1) is 0 Å². The number of hydrogen-bond acceptors (Lipinski definition) is 2. The Morgan fingerprint density at radius 1 is 1.41 bits per heavy atom. The molecule has 2 N–H and O–H groups in total. The van der Waals surface area contributed by atoms with Gasteiger partial charge in [0, 0.05) is 16.2 Å². The zero-order chi connectivity index (χ0) is 12.1. The standard InChI is InChI=1S/C13H17IN2O/c14-11-5-3-10(4-6-11)8-13(17)16-9-12-2-1-7-15-12/h3-6,12,15H,1-2,7-9H2,(H,16,17)/t12-/m1/s1. The third-order valence-corrected chi connectivity index (χ3v) is 3.71. The second kappa shape index (κ2) is 6.35. The summed E-state index contributed by atoms with van der Waals surface area (Å²) < 4.78 is 1.20. The van der Waals surface area contributed by atoms with Crippen molar-refractivity contribution in [2.45, 2.75) is 25.3 Å². The molecular formula is C13H17IN2O. The maximum absolute atomic E-state index is 11.7. The molecule has 0 radical (unpaired) electrons. The van der Waals surface area contributed by atoms with Crippen LogP contribution in [0.5, 0.6) is 0 Å². The molecule has 0 aromatic heterocycles. The van der Waals surface area contributed by atoms with E-state index in [1.165, 1.54) is 16.4 Å². The Kier molecular flexibility index (Phi) is 4.79. The van der Waals surface area contributed by atoms with Crippen LogP contribution in [0.3, 0.4) is 0 Å². The SMILES string of the molecule is O=C(Cc1ccc(I)cc1)NC[C@H]1CCCN1. The van der Waals surface area contributed by atoms with Crippen molar-refractivity contribution < 1.29 is 4.79 Å². The first kappa shape index (κ1) is 12.8. The first-order valence-electron chi connectivity index (χ1n) is 5.98. The molecule has 1 aliphatic heterocycles. The van der Waals surface area contributed by atoms with Crippen LogP contribution in [0, 0.1) is 3.57 Å². The predicted molar refractivity (Wildman–Crippen MR) is 76.9 cm³/mol. The summed E-state index contributed by atoms with van der Waals surface area (Å²) >= 11 is 2.26. The van der Waals surface area contributed by atoms with Gasteiger partial charge in [0.1, 0.15) is 0 Å². The Morgan fingerprint density at radius 2 is 2.18 bits per heavy atom. The predicted octanol–water partition coefficient (Wildman–Crippen LogP) is 1.70. The summed E-state index contributed by atoms with van der Waals surface area (Å²) in [6.07, 6.45) is 2.87. The highest BCUT2D eigenvalue weighted by molar-refractivity contribution is 14.1. The Balaban J connectivity index is 1.74. The Morgan fingerprint density at radius 3 is 2.82 bits per heavy atom. The van der Waals surface area contributed by atoms with E-state index in [2.05, 4.69) is 33.2 Å². The average molecular weight is 344 g/mol. The van der Waals surface area contributed by atoms with Gasteiger partial charge < -0.3 is 10.6 Å². The van der Waals surface area contributed by atoms with Gasteiger partial charge >= 0.3 is 0 Å². The molecule has 3 nitrogen and oxygen atoms in total. The maximum Gasteiger partial charge on any atom is 0.224 e. The van der Waals surface area contributed by atoms with Gasteiger partial charge in [0.25, 0.3) is 0 Å². The van der Waals surface area contributed by atoms with Gasteiger partial charge in [-0.1, -0.05) is 12.1 Å². The van der Waals surface area contributed by atoms with E-state index < -0.39 is 0 Å². The lowest BCUT2D eigenvalue weighted by Crippen LogP contribution is -2.37. The van der Waals surface area contributed by atoms with Gasteiger partial charge in [-0.3, -0.25) is 4.79 Å². The van der Waals surface area contributed by atoms with E-state index in [1.54, 1.807) is 0 Å². The summed E-state index contributed by atoms with van der Waals surface area (Å²) in [5.41, 5.74) is 1.07. The number of hydrogen-bond donors (Lipinski definition) is 2. The van der Waals surface area contributed by atoms with Crippen molar-refractivity contribution >= 4 is 28.5 Å². The molecule has 0 bridgehead atoms. The Bertz CT molecular complexity index is 372. The maximum atomic E-state index is 11.7. The lowest BCUT2D eigenvalue weighted by molar-refractivity contribution is -0.120. The van der Waals surface area contributed by atoms with Crippen LogP contribution >= 0.6 is 22.6 Å². The highest BCUT2D eigenvalue weighted by Gasteiger charge is 2.14. The van der Waals surface area contributed by atoms with E-state index in [0.29, 0.717) is 12.5 Å². The van der Waals surface area contributed by atoms with Gasteiger partial charge in [0.2, 0.25) is 5.91 Å². The molecule has 0 aliphatic carbocycles. The molecule has 0 spiro atoms. The molecule has 1 aromatic carbocycles. The minimum atomic E-state index is 0.111. The minimum absolute atomic E-state index is 0.111. The van der Waals surface area contributed by atoms with Crippen molar-refractivity contribution in [3.8, 4) is 0 Å². The van der Waals surface area contributed by atoms with Crippen LogP contribution in [0.4, 0.5) is 0 Å². The molecule has 1 fully saturated rings. The quantitative estimate of drug-likeness (QED) is 0.817. The fourth-order valence-corrected chi connectivity index (χ4v) is 2.38. The molecule has 1 aromatic rings. The summed E-state index contributed by atoms with van der Waals surface area (Å²) in [5, 5.41) is 6.35. The Hall–Kier alpha value is -0.620. The van der Waals surface area contributed by atoms with E-state index in [9.17, 15) is 4.79 Å². The summed E-state index contributed by atoms with van der Waals surface area (Å²) in [6, 6.07) is 8.55. The zero-order valence-electron chi connectivity index (χ0n) is 9.71. The second-order valence-electron chi connectivity index (χ2n) is 4.40. The number of amides is 1. The van der Waals surface area contributed by atoms with Gasteiger partial charge in [-0.2, -0.15) is 0 Å².